The fourth-order valence-electron chi connectivity index (χ4n) is 3.50. The van der Waals surface area contributed by atoms with Crippen LogP contribution in [0.3, 0.4) is 0 Å². The number of aliphatic hydroxyl groups is 1. The molecule has 2 aromatic heterocycles. The Hall–Kier alpha value is -1.95. The Balaban J connectivity index is 1.74. The first kappa shape index (κ1) is 14.6. The van der Waals surface area contributed by atoms with Crippen LogP contribution in [0.2, 0.25) is 0 Å². The van der Waals surface area contributed by atoms with E-state index >= 15 is 0 Å². The smallest absolute Gasteiger partial charge is 0.259 e. The van der Waals surface area contributed by atoms with Crippen molar-refractivity contribution in [1.82, 2.24) is 15.1 Å². The molecule has 23 heavy (non-hydrogen) atoms. The summed E-state index contributed by atoms with van der Waals surface area (Å²) < 4.78 is 5.24. The average molecular weight is 315 g/mol. The lowest BCUT2D eigenvalue weighted by Gasteiger charge is -2.21. The zero-order valence-corrected chi connectivity index (χ0v) is 13.4. The molecule has 0 spiro atoms. The molecular weight excluding hydrogens is 294 g/mol. The number of nitrogens with zero attached hydrogens (tertiary/aromatic N) is 2. The molecule has 2 aromatic rings. The molecule has 6 nitrogen and oxygen atoms in total. The van der Waals surface area contributed by atoms with E-state index in [-0.39, 0.29) is 23.2 Å². The molecule has 2 heterocycles. The summed E-state index contributed by atoms with van der Waals surface area (Å²) in [5.41, 5.74) is 1.29. The Labute approximate surface area is 133 Å². The molecule has 122 valence electrons. The van der Waals surface area contributed by atoms with Gasteiger partial charge in [0.1, 0.15) is 5.60 Å². The van der Waals surface area contributed by atoms with Gasteiger partial charge in [0.15, 0.2) is 0 Å². The van der Waals surface area contributed by atoms with E-state index in [1.807, 2.05) is 6.07 Å². The van der Waals surface area contributed by atoms with Gasteiger partial charge in [-0.2, -0.15) is 4.98 Å². The van der Waals surface area contributed by atoms with Crippen molar-refractivity contribution in [2.75, 3.05) is 0 Å². The van der Waals surface area contributed by atoms with Gasteiger partial charge in [0.05, 0.1) is 5.56 Å². The molecule has 0 aliphatic heterocycles. The topological polar surface area (TPSA) is 92.0 Å². The molecule has 0 radical (unpaired) electrons. The molecule has 6 heteroatoms. The Morgan fingerprint density at radius 2 is 2.17 bits per heavy atom. The summed E-state index contributed by atoms with van der Waals surface area (Å²) in [6.07, 6.45) is 5.09. The highest BCUT2D eigenvalue weighted by Gasteiger charge is 2.45. The van der Waals surface area contributed by atoms with Crippen LogP contribution in [0.25, 0.3) is 11.4 Å². The maximum Gasteiger partial charge on any atom is 0.259 e. The summed E-state index contributed by atoms with van der Waals surface area (Å²) in [5.74, 6) is 0.985. The lowest BCUT2D eigenvalue weighted by Crippen LogP contribution is -2.24. The normalized spacial score (nSPS) is 23.3. The van der Waals surface area contributed by atoms with Crippen LogP contribution in [0.1, 0.15) is 62.6 Å². The minimum Gasteiger partial charge on any atom is -0.380 e. The highest BCUT2D eigenvalue weighted by Crippen LogP contribution is 2.45. The van der Waals surface area contributed by atoms with Crippen molar-refractivity contribution in [3.63, 3.8) is 0 Å². The number of aromatic nitrogens is 3. The molecular formula is C17H21N3O3. The summed E-state index contributed by atoms with van der Waals surface area (Å²) >= 11 is 0. The maximum absolute atomic E-state index is 12.4. The van der Waals surface area contributed by atoms with Crippen LogP contribution >= 0.6 is 0 Å². The Morgan fingerprint density at radius 1 is 1.39 bits per heavy atom. The van der Waals surface area contributed by atoms with Gasteiger partial charge in [-0.3, -0.25) is 4.79 Å². The molecule has 0 saturated heterocycles. The second kappa shape index (κ2) is 5.03. The van der Waals surface area contributed by atoms with E-state index in [1.165, 1.54) is 0 Å². The zero-order chi connectivity index (χ0) is 16.2. The van der Waals surface area contributed by atoms with Crippen LogP contribution in [0, 0.1) is 5.92 Å². The van der Waals surface area contributed by atoms with Gasteiger partial charge in [-0.25, -0.2) is 0 Å². The van der Waals surface area contributed by atoms with Crippen LogP contribution in [-0.2, 0) is 12.0 Å². The first-order chi connectivity index (χ1) is 11.0. The van der Waals surface area contributed by atoms with E-state index in [0.717, 1.165) is 43.4 Å². The van der Waals surface area contributed by atoms with Crippen molar-refractivity contribution < 1.29 is 9.63 Å². The molecule has 2 unspecified atom stereocenters. The third kappa shape index (κ3) is 2.41. The fraction of sp³-hybridized carbons (Fsp3) is 0.588. The van der Waals surface area contributed by atoms with Crippen LogP contribution in [0.4, 0.5) is 0 Å². The van der Waals surface area contributed by atoms with Crippen molar-refractivity contribution in [3.05, 3.63) is 33.6 Å². The lowest BCUT2D eigenvalue weighted by molar-refractivity contribution is 0.000916. The minimum absolute atomic E-state index is 0.165. The van der Waals surface area contributed by atoms with Crippen LogP contribution in [0.15, 0.2) is 15.4 Å². The highest BCUT2D eigenvalue weighted by atomic mass is 16.5. The SMILES string of the molecule is CC1CCCc2cc(-c3noc(C(C)(O)C4CC4)n3)c(=O)[nH]c21. The zero-order valence-electron chi connectivity index (χ0n) is 13.4. The van der Waals surface area contributed by atoms with Crippen LogP contribution < -0.4 is 5.56 Å². The summed E-state index contributed by atoms with van der Waals surface area (Å²) in [4.78, 5) is 19.7. The Morgan fingerprint density at radius 3 is 2.91 bits per heavy atom. The van der Waals surface area contributed by atoms with E-state index in [2.05, 4.69) is 22.0 Å². The third-order valence-electron chi connectivity index (χ3n) is 5.21. The number of rotatable bonds is 3. The predicted molar refractivity (Wildman–Crippen MR) is 84.0 cm³/mol. The molecule has 2 aliphatic carbocycles. The van der Waals surface area contributed by atoms with Crippen molar-refractivity contribution in [2.24, 2.45) is 5.92 Å². The number of fused-ring (bicyclic) bond motifs is 1. The summed E-state index contributed by atoms with van der Waals surface area (Å²) in [6.45, 7) is 3.83. The average Bonchev–Trinajstić information content (AvgIpc) is 3.26. The van der Waals surface area contributed by atoms with Gasteiger partial charge in [0, 0.05) is 5.69 Å². The van der Waals surface area contributed by atoms with Crippen LogP contribution in [0.5, 0.6) is 0 Å². The van der Waals surface area contributed by atoms with E-state index in [0.29, 0.717) is 11.5 Å². The van der Waals surface area contributed by atoms with E-state index in [1.54, 1.807) is 6.92 Å². The lowest BCUT2D eigenvalue weighted by atomic mass is 9.87. The van der Waals surface area contributed by atoms with E-state index in [4.69, 9.17) is 4.52 Å². The number of H-pyrrole nitrogens is 1. The predicted octanol–water partition coefficient (Wildman–Crippen LogP) is 2.48. The summed E-state index contributed by atoms with van der Waals surface area (Å²) in [7, 11) is 0. The standard InChI is InChI=1S/C17H21N3O3/c1-9-4-3-5-10-8-12(15(21)18-13(9)10)14-19-16(23-20-14)17(2,22)11-6-7-11/h8-9,11,22H,3-7H2,1-2H3,(H,18,21). The van der Waals surface area contributed by atoms with Crippen LogP contribution in [-0.4, -0.2) is 20.2 Å². The number of aromatic amines is 1. The van der Waals surface area contributed by atoms with Crippen molar-refractivity contribution in [2.45, 2.75) is 57.5 Å². The molecule has 4 rings (SSSR count). The fourth-order valence-corrected chi connectivity index (χ4v) is 3.50. The summed E-state index contributed by atoms with van der Waals surface area (Å²) in [6, 6.07) is 1.88. The van der Waals surface area contributed by atoms with Gasteiger partial charge >= 0.3 is 0 Å². The van der Waals surface area contributed by atoms with Crippen molar-refractivity contribution >= 4 is 0 Å². The molecule has 2 N–H and O–H groups in total. The molecule has 0 bridgehead atoms. The Bertz CT molecular complexity index is 802. The number of aryl methyl sites for hydroxylation is 1. The van der Waals surface area contributed by atoms with Gasteiger partial charge in [0.25, 0.3) is 11.4 Å². The van der Waals surface area contributed by atoms with Gasteiger partial charge in [-0.1, -0.05) is 12.1 Å². The number of hydrogen-bond acceptors (Lipinski definition) is 5. The molecule has 0 amide bonds. The quantitative estimate of drug-likeness (QED) is 0.908. The molecule has 1 fully saturated rings. The minimum atomic E-state index is -1.11. The molecule has 1 saturated carbocycles. The molecule has 0 aromatic carbocycles. The second-order valence-electron chi connectivity index (χ2n) is 7.09. The van der Waals surface area contributed by atoms with Crippen molar-refractivity contribution in [1.29, 1.82) is 0 Å². The number of hydrogen-bond donors (Lipinski definition) is 2. The van der Waals surface area contributed by atoms with E-state index < -0.39 is 5.60 Å². The maximum atomic E-state index is 12.4. The first-order valence-electron chi connectivity index (χ1n) is 8.30. The van der Waals surface area contributed by atoms with Crippen molar-refractivity contribution in [3.8, 4) is 11.4 Å². The highest BCUT2D eigenvalue weighted by molar-refractivity contribution is 5.55. The third-order valence-corrected chi connectivity index (χ3v) is 5.21. The first-order valence-corrected chi connectivity index (χ1v) is 8.30. The summed E-state index contributed by atoms with van der Waals surface area (Å²) in [5, 5.41) is 14.4. The van der Waals surface area contributed by atoms with Gasteiger partial charge in [-0.05, 0) is 62.5 Å². The monoisotopic (exact) mass is 315 g/mol. The largest absolute Gasteiger partial charge is 0.380 e. The van der Waals surface area contributed by atoms with Gasteiger partial charge in [0.2, 0.25) is 5.82 Å². The van der Waals surface area contributed by atoms with Gasteiger partial charge < -0.3 is 14.6 Å². The van der Waals surface area contributed by atoms with Gasteiger partial charge in [-0.15, -0.1) is 0 Å². The second-order valence-corrected chi connectivity index (χ2v) is 7.09. The number of nitrogens with one attached hydrogen (secondary N) is 1. The Kier molecular flexibility index (Phi) is 3.20. The molecule has 2 aliphatic rings. The molecule has 2 atom stereocenters. The van der Waals surface area contributed by atoms with E-state index in [9.17, 15) is 9.90 Å². The number of pyridine rings is 1.